The lowest BCUT2D eigenvalue weighted by molar-refractivity contribution is -0.119. The van der Waals surface area contributed by atoms with E-state index in [1.165, 1.54) is 0 Å². The summed E-state index contributed by atoms with van der Waals surface area (Å²) < 4.78 is 0. The predicted octanol–water partition coefficient (Wildman–Crippen LogP) is 3.97. The second-order valence-electron chi connectivity index (χ2n) is 10.8. The molecule has 9 nitrogen and oxygen atoms in total. The molecule has 5 rings (SSSR count). The lowest BCUT2D eigenvalue weighted by Gasteiger charge is -2.32. The summed E-state index contributed by atoms with van der Waals surface area (Å²) in [6.45, 7) is 6.70. The first-order chi connectivity index (χ1) is 20.3. The normalized spacial score (nSPS) is 16.4. The molecule has 0 aromatic heterocycles. The minimum Gasteiger partial charge on any atom is -0.354 e. The third kappa shape index (κ3) is 6.53. The minimum absolute atomic E-state index is 0.0503. The molecule has 3 amide bonds. The molecule has 0 saturated carbocycles. The van der Waals surface area contributed by atoms with Gasteiger partial charge in [0.15, 0.2) is 0 Å². The maximum absolute atomic E-state index is 13.3. The standard InChI is InChI=1S/C33H38N6O3/c1-4-16-34-32(41)24-10-15-27-28(21-24)36-33(42)30(27)31(23-8-6-5-7-9-23)35-25-11-13-26(14-12-25)38(3)29(40)22-39-19-17-37(2)18-20-39/h5-15,21,35H,4,16-20,22H2,1-3H3,(H,34,41)(H,36,42)/b31-30-. The van der Waals surface area contributed by atoms with Crippen LogP contribution >= 0.6 is 0 Å². The number of fused-ring (bicyclic) bond motifs is 1. The van der Waals surface area contributed by atoms with Crippen molar-refractivity contribution in [3.63, 3.8) is 0 Å². The summed E-state index contributed by atoms with van der Waals surface area (Å²) in [5.74, 6) is -0.359. The van der Waals surface area contributed by atoms with Crippen molar-refractivity contribution in [1.29, 1.82) is 0 Å². The van der Waals surface area contributed by atoms with Crippen molar-refractivity contribution in [2.24, 2.45) is 0 Å². The van der Waals surface area contributed by atoms with Crippen LogP contribution in [0.15, 0.2) is 72.8 Å². The van der Waals surface area contributed by atoms with Gasteiger partial charge in [0.25, 0.3) is 11.8 Å². The Labute approximate surface area is 247 Å². The van der Waals surface area contributed by atoms with E-state index in [1.807, 2.05) is 67.6 Å². The summed E-state index contributed by atoms with van der Waals surface area (Å²) in [5.41, 5.74) is 5.41. The van der Waals surface area contributed by atoms with Crippen molar-refractivity contribution in [2.45, 2.75) is 13.3 Å². The molecule has 9 heteroatoms. The summed E-state index contributed by atoms with van der Waals surface area (Å²) in [7, 11) is 3.90. The van der Waals surface area contributed by atoms with E-state index in [-0.39, 0.29) is 17.7 Å². The molecule has 0 radical (unpaired) electrons. The Morgan fingerprint density at radius 1 is 0.929 bits per heavy atom. The van der Waals surface area contributed by atoms with Gasteiger partial charge in [0.2, 0.25) is 5.91 Å². The first-order valence-electron chi connectivity index (χ1n) is 14.4. The number of carbonyl (C=O) groups is 3. The van der Waals surface area contributed by atoms with Crippen molar-refractivity contribution in [3.05, 3.63) is 89.5 Å². The lowest BCUT2D eigenvalue weighted by Crippen LogP contribution is -2.48. The molecule has 0 aliphatic carbocycles. The van der Waals surface area contributed by atoms with Gasteiger partial charge in [0.1, 0.15) is 0 Å². The van der Waals surface area contributed by atoms with Crippen molar-refractivity contribution >= 4 is 46.1 Å². The highest BCUT2D eigenvalue weighted by molar-refractivity contribution is 6.37. The van der Waals surface area contributed by atoms with Gasteiger partial charge >= 0.3 is 0 Å². The number of hydrogen-bond donors (Lipinski definition) is 3. The molecule has 42 heavy (non-hydrogen) atoms. The number of piperazine rings is 1. The van der Waals surface area contributed by atoms with E-state index in [0.717, 1.165) is 55.1 Å². The second kappa shape index (κ2) is 13.0. The molecule has 2 aliphatic heterocycles. The van der Waals surface area contributed by atoms with Crippen LogP contribution in [0, 0.1) is 0 Å². The van der Waals surface area contributed by atoms with Crippen LogP contribution < -0.4 is 20.9 Å². The summed E-state index contributed by atoms with van der Waals surface area (Å²) in [6.07, 6.45) is 0.844. The fourth-order valence-electron chi connectivity index (χ4n) is 5.15. The van der Waals surface area contributed by atoms with Gasteiger partial charge in [-0.25, -0.2) is 0 Å². The van der Waals surface area contributed by atoms with E-state index in [0.29, 0.717) is 35.6 Å². The number of benzene rings is 3. The number of likely N-dealkylation sites (N-methyl/N-ethyl adjacent to an activating group) is 2. The average Bonchev–Trinajstić information content (AvgIpc) is 3.34. The summed E-state index contributed by atoms with van der Waals surface area (Å²) >= 11 is 0. The van der Waals surface area contributed by atoms with E-state index in [9.17, 15) is 14.4 Å². The lowest BCUT2D eigenvalue weighted by atomic mass is 9.99. The van der Waals surface area contributed by atoms with Gasteiger partial charge in [0.05, 0.1) is 17.8 Å². The minimum atomic E-state index is -0.242. The fourth-order valence-corrected chi connectivity index (χ4v) is 5.15. The van der Waals surface area contributed by atoms with Crippen LogP contribution in [-0.2, 0) is 9.59 Å². The van der Waals surface area contributed by atoms with Crippen molar-refractivity contribution in [3.8, 4) is 0 Å². The maximum atomic E-state index is 13.3. The molecule has 3 aromatic carbocycles. The second-order valence-corrected chi connectivity index (χ2v) is 10.8. The molecule has 1 fully saturated rings. The van der Waals surface area contributed by atoms with Crippen LogP contribution in [0.4, 0.5) is 17.1 Å². The third-order valence-corrected chi connectivity index (χ3v) is 7.73. The highest BCUT2D eigenvalue weighted by Gasteiger charge is 2.29. The Balaban J connectivity index is 1.38. The molecule has 0 spiro atoms. The molecule has 218 valence electrons. The quantitative estimate of drug-likeness (QED) is 0.339. The number of nitrogens with zero attached hydrogens (tertiary/aromatic N) is 3. The Bertz CT molecular complexity index is 1480. The van der Waals surface area contributed by atoms with E-state index < -0.39 is 0 Å². The topological polar surface area (TPSA) is 97.0 Å². The van der Waals surface area contributed by atoms with Crippen molar-refractivity contribution in [1.82, 2.24) is 15.1 Å². The van der Waals surface area contributed by atoms with E-state index in [2.05, 4.69) is 32.8 Å². The summed E-state index contributed by atoms with van der Waals surface area (Å²) in [4.78, 5) is 45.0. The molecular weight excluding hydrogens is 528 g/mol. The van der Waals surface area contributed by atoms with E-state index in [1.54, 1.807) is 24.1 Å². The van der Waals surface area contributed by atoms with E-state index >= 15 is 0 Å². The zero-order valence-corrected chi connectivity index (χ0v) is 24.4. The molecule has 0 atom stereocenters. The number of amides is 3. The van der Waals surface area contributed by atoms with Crippen LogP contribution in [0.25, 0.3) is 11.3 Å². The molecule has 1 saturated heterocycles. The van der Waals surface area contributed by atoms with Gasteiger partial charge in [-0.05, 0) is 55.4 Å². The number of nitrogens with one attached hydrogen (secondary N) is 3. The number of rotatable bonds is 9. The van der Waals surface area contributed by atoms with Gasteiger partial charge in [0, 0.05) is 68.0 Å². The largest absolute Gasteiger partial charge is 0.354 e. The van der Waals surface area contributed by atoms with Crippen molar-refractivity contribution in [2.75, 3.05) is 68.9 Å². The number of anilines is 3. The zero-order valence-electron chi connectivity index (χ0n) is 24.4. The van der Waals surface area contributed by atoms with Crippen molar-refractivity contribution < 1.29 is 14.4 Å². The molecular formula is C33H38N6O3. The van der Waals surface area contributed by atoms with Crippen LogP contribution in [-0.4, -0.2) is 80.9 Å². The first-order valence-corrected chi connectivity index (χ1v) is 14.4. The molecule has 0 bridgehead atoms. The molecule has 2 heterocycles. The van der Waals surface area contributed by atoms with Crippen LogP contribution in [0.1, 0.15) is 34.8 Å². The van der Waals surface area contributed by atoms with Gasteiger partial charge in [-0.1, -0.05) is 43.3 Å². The Hall–Kier alpha value is -4.47. The number of hydrogen-bond acceptors (Lipinski definition) is 6. The summed E-state index contributed by atoms with van der Waals surface area (Å²) in [5, 5.41) is 9.28. The van der Waals surface area contributed by atoms with Crippen LogP contribution in [0.2, 0.25) is 0 Å². The van der Waals surface area contributed by atoms with Crippen LogP contribution in [0.5, 0.6) is 0 Å². The average molecular weight is 567 g/mol. The van der Waals surface area contributed by atoms with Gasteiger partial charge in [-0.15, -0.1) is 0 Å². The highest BCUT2D eigenvalue weighted by atomic mass is 16.2. The Morgan fingerprint density at radius 3 is 2.33 bits per heavy atom. The SMILES string of the molecule is CCCNC(=O)c1ccc2c(c1)NC(=O)/C2=C(\Nc1ccc(N(C)C(=O)CN2CCN(C)CC2)cc1)c1ccccc1. The van der Waals surface area contributed by atoms with Gasteiger partial charge < -0.3 is 25.8 Å². The molecule has 3 N–H and O–H groups in total. The molecule has 0 unspecified atom stereocenters. The third-order valence-electron chi connectivity index (χ3n) is 7.73. The first kappa shape index (κ1) is 29.0. The Morgan fingerprint density at radius 2 is 1.64 bits per heavy atom. The highest BCUT2D eigenvalue weighted by Crippen LogP contribution is 2.38. The Kier molecular flexibility index (Phi) is 9.00. The predicted molar refractivity (Wildman–Crippen MR) is 168 cm³/mol. The maximum Gasteiger partial charge on any atom is 0.258 e. The monoisotopic (exact) mass is 566 g/mol. The van der Waals surface area contributed by atoms with Gasteiger partial charge in [-0.3, -0.25) is 19.3 Å². The smallest absolute Gasteiger partial charge is 0.258 e. The fraction of sp³-hybridized carbons (Fsp3) is 0.303. The molecule has 2 aliphatic rings. The molecule has 3 aromatic rings. The zero-order chi connectivity index (χ0) is 29.6. The van der Waals surface area contributed by atoms with E-state index in [4.69, 9.17) is 0 Å². The number of carbonyl (C=O) groups excluding carboxylic acids is 3. The van der Waals surface area contributed by atoms with Crippen LogP contribution in [0.3, 0.4) is 0 Å². The van der Waals surface area contributed by atoms with Gasteiger partial charge in [-0.2, -0.15) is 0 Å². The summed E-state index contributed by atoms with van der Waals surface area (Å²) in [6, 6.07) is 22.6.